The van der Waals surface area contributed by atoms with Gasteiger partial charge in [0.25, 0.3) is 0 Å². The van der Waals surface area contributed by atoms with Crippen molar-refractivity contribution >= 4 is 17.4 Å². The molecule has 17 heavy (non-hydrogen) atoms. The number of anilines is 1. The van der Waals surface area contributed by atoms with E-state index in [0.29, 0.717) is 17.2 Å². The molecule has 1 aliphatic heterocycles. The van der Waals surface area contributed by atoms with Crippen LogP contribution in [0.2, 0.25) is 5.15 Å². The molecule has 0 spiro atoms. The maximum absolute atomic E-state index is 6.16. The second-order valence-electron chi connectivity index (χ2n) is 4.91. The van der Waals surface area contributed by atoms with E-state index in [2.05, 4.69) is 28.7 Å². The SMILES string of the molecule is CCC1CCC(C)N1c1nc(C)nc(Cl)c1C. The Labute approximate surface area is 108 Å². The number of nitrogens with zero attached hydrogens (tertiary/aromatic N) is 3. The predicted octanol–water partition coefficient (Wildman–Crippen LogP) is 3.51. The van der Waals surface area contributed by atoms with Gasteiger partial charge in [-0.3, -0.25) is 0 Å². The third-order valence-electron chi connectivity index (χ3n) is 3.67. The molecule has 2 heterocycles. The van der Waals surface area contributed by atoms with Gasteiger partial charge in [0.1, 0.15) is 16.8 Å². The van der Waals surface area contributed by atoms with Gasteiger partial charge in [0.15, 0.2) is 0 Å². The van der Waals surface area contributed by atoms with Crippen LogP contribution in [-0.2, 0) is 0 Å². The third-order valence-corrected chi connectivity index (χ3v) is 4.04. The Kier molecular flexibility index (Phi) is 3.57. The molecule has 94 valence electrons. The van der Waals surface area contributed by atoms with E-state index in [9.17, 15) is 0 Å². The van der Waals surface area contributed by atoms with Gasteiger partial charge in [0.2, 0.25) is 0 Å². The van der Waals surface area contributed by atoms with Gasteiger partial charge < -0.3 is 4.90 Å². The monoisotopic (exact) mass is 253 g/mol. The average Bonchev–Trinajstić information content (AvgIpc) is 2.65. The lowest BCUT2D eigenvalue weighted by atomic mass is 10.1. The maximum Gasteiger partial charge on any atom is 0.137 e. The highest BCUT2D eigenvalue weighted by Gasteiger charge is 2.31. The fraction of sp³-hybridized carbons (Fsp3) is 0.692. The number of aryl methyl sites for hydroxylation is 1. The van der Waals surface area contributed by atoms with Crippen LogP contribution in [0.25, 0.3) is 0 Å². The summed E-state index contributed by atoms with van der Waals surface area (Å²) < 4.78 is 0. The minimum atomic E-state index is 0.545. The Hall–Kier alpha value is -0.830. The molecule has 2 atom stereocenters. The van der Waals surface area contributed by atoms with Gasteiger partial charge in [-0.05, 0) is 40.0 Å². The molecule has 0 saturated carbocycles. The van der Waals surface area contributed by atoms with Crippen LogP contribution >= 0.6 is 11.6 Å². The van der Waals surface area contributed by atoms with Crippen LogP contribution < -0.4 is 4.90 Å². The van der Waals surface area contributed by atoms with Crippen LogP contribution in [0.5, 0.6) is 0 Å². The highest BCUT2D eigenvalue weighted by molar-refractivity contribution is 6.30. The second kappa shape index (κ2) is 4.81. The number of hydrogen-bond donors (Lipinski definition) is 0. The van der Waals surface area contributed by atoms with E-state index in [0.717, 1.165) is 23.6 Å². The van der Waals surface area contributed by atoms with E-state index < -0.39 is 0 Å². The molecule has 0 amide bonds. The fourth-order valence-electron chi connectivity index (χ4n) is 2.69. The number of aromatic nitrogens is 2. The van der Waals surface area contributed by atoms with Gasteiger partial charge in [-0.1, -0.05) is 18.5 Å². The second-order valence-corrected chi connectivity index (χ2v) is 5.26. The Balaban J connectivity index is 2.45. The van der Waals surface area contributed by atoms with Crippen molar-refractivity contribution in [2.45, 2.75) is 59.0 Å². The van der Waals surface area contributed by atoms with E-state index in [4.69, 9.17) is 11.6 Å². The molecular weight excluding hydrogens is 234 g/mol. The molecule has 1 aromatic heterocycles. The lowest BCUT2D eigenvalue weighted by Crippen LogP contribution is -2.35. The minimum Gasteiger partial charge on any atom is -0.351 e. The van der Waals surface area contributed by atoms with Gasteiger partial charge >= 0.3 is 0 Å². The maximum atomic E-state index is 6.16. The van der Waals surface area contributed by atoms with Gasteiger partial charge in [0.05, 0.1) is 0 Å². The molecule has 0 aliphatic carbocycles. The van der Waals surface area contributed by atoms with Crippen LogP contribution in [0.3, 0.4) is 0 Å². The smallest absolute Gasteiger partial charge is 0.137 e. The van der Waals surface area contributed by atoms with Crippen molar-refractivity contribution in [2.24, 2.45) is 0 Å². The molecule has 2 unspecified atom stereocenters. The first kappa shape index (κ1) is 12.6. The third kappa shape index (κ3) is 2.25. The first-order valence-electron chi connectivity index (χ1n) is 6.33. The molecule has 0 aromatic carbocycles. The van der Waals surface area contributed by atoms with Crippen molar-refractivity contribution in [1.29, 1.82) is 0 Å². The van der Waals surface area contributed by atoms with E-state index >= 15 is 0 Å². The lowest BCUT2D eigenvalue weighted by molar-refractivity contribution is 0.617. The molecule has 0 radical (unpaired) electrons. The average molecular weight is 254 g/mol. The van der Waals surface area contributed by atoms with Gasteiger partial charge in [-0.25, -0.2) is 9.97 Å². The molecule has 1 saturated heterocycles. The van der Waals surface area contributed by atoms with E-state index in [1.807, 2.05) is 13.8 Å². The summed E-state index contributed by atoms with van der Waals surface area (Å²) in [6.45, 7) is 8.41. The first-order chi connectivity index (χ1) is 8.04. The van der Waals surface area contributed by atoms with Crippen LogP contribution in [-0.4, -0.2) is 22.1 Å². The number of halogens is 1. The molecule has 0 bridgehead atoms. The van der Waals surface area contributed by atoms with E-state index in [1.54, 1.807) is 0 Å². The zero-order chi connectivity index (χ0) is 12.6. The van der Waals surface area contributed by atoms with Crippen LogP contribution in [0, 0.1) is 13.8 Å². The molecular formula is C13H20ClN3. The van der Waals surface area contributed by atoms with Crippen molar-refractivity contribution in [3.05, 3.63) is 16.5 Å². The summed E-state index contributed by atoms with van der Waals surface area (Å²) in [5.74, 6) is 1.78. The summed E-state index contributed by atoms with van der Waals surface area (Å²) in [6, 6.07) is 1.14. The van der Waals surface area contributed by atoms with Crippen LogP contribution in [0.4, 0.5) is 5.82 Å². The minimum absolute atomic E-state index is 0.545. The molecule has 4 heteroatoms. The molecule has 3 nitrogen and oxygen atoms in total. The first-order valence-corrected chi connectivity index (χ1v) is 6.71. The highest BCUT2D eigenvalue weighted by atomic mass is 35.5. The molecule has 2 rings (SSSR count). The van der Waals surface area contributed by atoms with Crippen molar-refractivity contribution in [3.63, 3.8) is 0 Å². The van der Waals surface area contributed by atoms with Crippen LogP contribution in [0.1, 0.15) is 44.5 Å². The van der Waals surface area contributed by atoms with E-state index in [-0.39, 0.29) is 0 Å². The molecule has 1 fully saturated rings. The zero-order valence-corrected chi connectivity index (χ0v) is 11.8. The van der Waals surface area contributed by atoms with Crippen molar-refractivity contribution in [1.82, 2.24) is 9.97 Å². The largest absolute Gasteiger partial charge is 0.351 e. The van der Waals surface area contributed by atoms with Gasteiger partial charge in [0, 0.05) is 17.6 Å². The van der Waals surface area contributed by atoms with Gasteiger partial charge in [-0.15, -0.1) is 0 Å². The van der Waals surface area contributed by atoms with Crippen molar-refractivity contribution in [2.75, 3.05) is 4.90 Å². The van der Waals surface area contributed by atoms with Crippen molar-refractivity contribution in [3.8, 4) is 0 Å². The summed E-state index contributed by atoms with van der Waals surface area (Å²) in [5, 5.41) is 0.585. The standard InChI is InChI=1S/C13H20ClN3/c1-5-11-7-6-8(2)17(11)13-9(3)12(14)15-10(4)16-13/h8,11H,5-7H2,1-4H3. The Bertz CT molecular complexity index is 419. The van der Waals surface area contributed by atoms with Gasteiger partial charge in [-0.2, -0.15) is 0 Å². The summed E-state index contributed by atoms with van der Waals surface area (Å²) >= 11 is 6.16. The topological polar surface area (TPSA) is 29.0 Å². The Morgan fingerprint density at radius 3 is 2.65 bits per heavy atom. The predicted molar refractivity (Wildman–Crippen MR) is 71.8 cm³/mol. The highest BCUT2D eigenvalue weighted by Crippen LogP contribution is 2.34. The Morgan fingerprint density at radius 1 is 1.29 bits per heavy atom. The molecule has 1 aromatic rings. The normalized spacial score (nSPS) is 24.4. The summed E-state index contributed by atoms with van der Waals surface area (Å²) in [6.07, 6.45) is 3.64. The number of hydrogen-bond acceptors (Lipinski definition) is 3. The summed E-state index contributed by atoms with van der Waals surface area (Å²) in [7, 11) is 0. The summed E-state index contributed by atoms with van der Waals surface area (Å²) in [5.41, 5.74) is 1.00. The lowest BCUT2D eigenvalue weighted by Gasteiger charge is -2.30. The van der Waals surface area contributed by atoms with Crippen LogP contribution in [0.15, 0.2) is 0 Å². The fourth-order valence-corrected chi connectivity index (χ4v) is 2.89. The number of rotatable bonds is 2. The summed E-state index contributed by atoms with van der Waals surface area (Å²) in [4.78, 5) is 11.2. The molecule has 0 N–H and O–H groups in total. The van der Waals surface area contributed by atoms with Crippen molar-refractivity contribution < 1.29 is 0 Å². The quantitative estimate of drug-likeness (QED) is 0.756. The Morgan fingerprint density at radius 2 is 2.00 bits per heavy atom. The molecule has 1 aliphatic rings. The zero-order valence-electron chi connectivity index (χ0n) is 11.0. The van der Waals surface area contributed by atoms with E-state index in [1.165, 1.54) is 12.8 Å².